The van der Waals surface area contributed by atoms with Crippen LogP contribution in [0.2, 0.25) is 0 Å². The Hall–Kier alpha value is -1.97. The first kappa shape index (κ1) is 31.0. The second kappa shape index (κ2) is 14.3. The maximum absolute atomic E-state index is 4.89. The van der Waals surface area contributed by atoms with Crippen molar-refractivity contribution < 1.29 is 41.9 Å². The third-order valence-electron chi connectivity index (χ3n) is 5.18. The molecule has 3 nitrogen and oxygen atoms in total. The molecule has 3 aromatic rings. The summed E-state index contributed by atoms with van der Waals surface area (Å²) in [7, 11) is 0. The summed E-state index contributed by atoms with van der Waals surface area (Å²) < 4.78 is 0. The first-order valence-corrected chi connectivity index (χ1v) is 10.6. The Morgan fingerprint density at radius 3 is 1.33 bits per heavy atom. The van der Waals surface area contributed by atoms with E-state index in [1.54, 1.807) is 0 Å². The van der Waals surface area contributed by atoms with E-state index in [0.717, 1.165) is 34.2 Å². The average Bonchev–Trinajstić information content (AvgIpc) is 2.74. The van der Waals surface area contributed by atoms with Crippen LogP contribution >= 0.6 is 0 Å². The number of halogens is 2. The molecule has 3 rings (SSSR count). The molecular weight excluding hydrogens is 493 g/mol. The van der Waals surface area contributed by atoms with Gasteiger partial charge in [-0.1, -0.05) is 70.2 Å². The van der Waals surface area contributed by atoms with Crippen LogP contribution in [0.25, 0.3) is 0 Å². The largest absolute Gasteiger partial charge is 2.00 e. The molecular formula is C27H31Cl2FeN3. The third-order valence-corrected chi connectivity index (χ3v) is 5.18. The molecule has 0 aliphatic heterocycles. The Kier molecular flexibility index (Phi) is 13.5. The van der Waals surface area contributed by atoms with Gasteiger partial charge in [0.05, 0.1) is 34.2 Å². The number of hydrogen-bond donors (Lipinski definition) is 0. The van der Waals surface area contributed by atoms with Gasteiger partial charge in [-0.15, -0.1) is 0 Å². The minimum Gasteiger partial charge on any atom is -1.00 e. The van der Waals surface area contributed by atoms with Crippen LogP contribution in [0.3, 0.4) is 0 Å². The molecule has 1 heterocycles. The minimum atomic E-state index is 0. The summed E-state index contributed by atoms with van der Waals surface area (Å²) in [6.07, 6.45) is 0. The Morgan fingerprint density at radius 1 is 0.606 bits per heavy atom. The predicted octanol–water partition coefficient (Wildman–Crippen LogP) is 1.62. The molecule has 2 aromatic carbocycles. The van der Waals surface area contributed by atoms with Crippen LogP contribution in [0.15, 0.2) is 76.7 Å². The van der Waals surface area contributed by atoms with Gasteiger partial charge in [0, 0.05) is 0 Å². The molecule has 176 valence electrons. The van der Waals surface area contributed by atoms with Crippen molar-refractivity contribution in [1.82, 2.24) is 4.98 Å². The fraction of sp³-hybridized carbons (Fsp3) is 0.296. The van der Waals surface area contributed by atoms with E-state index in [-0.39, 0.29) is 41.9 Å². The molecule has 0 fully saturated rings. The summed E-state index contributed by atoms with van der Waals surface area (Å²) >= 11 is 0. The van der Waals surface area contributed by atoms with Crippen LogP contribution in [0.4, 0.5) is 11.4 Å². The fourth-order valence-corrected chi connectivity index (χ4v) is 3.47. The molecule has 0 N–H and O–H groups in total. The number of pyridine rings is 1. The van der Waals surface area contributed by atoms with Gasteiger partial charge >= 0.3 is 17.1 Å². The SMILES string of the molecule is C/C(=N\c1ccccc1C(C)C)c1cccc(/C(C)=N/c2ccccc2C(C)C)n1.[Cl-].[Cl-].[Fe+2]. The van der Waals surface area contributed by atoms with E-state index in [0.29, 0.717) is 11.8 Å². The fourth-order valence-electron chi connectivity index (χ4n) is 3.47. The summed E-state index contributed by atoms with van der Waals surface area (Å²) in [5.41, 5.74) is 8.06. The molecule has 0 aliphatic rings. The number of rotatable bonds is 6. The summed E-state index contributed by atoms with van der Waals surface area (Å²) in [4.78, 5) is 14.6. The molecule has 0 bridgehead atoms. The van der Waals surface area contributed by atoms with Gasteiger partial charge in [-0.25, -0.2) is 4.98 Å². The smallest absolute Gasteiger partial charge is 1.00 e. The monoisotopic (exact) mass is 523 g/mol. The Morgan fingerprint density at radius 2 is 0.970 bits per heavy atom. The Labute approximate surface area is 221 Å². The van der Waals surface area contributed by atoms with E-state index >= 15 is 0 Å². The zero-order valence-corrected chi connectivity index (χ0v) is 22.6. The molecule has 33 heavy (non-hydrogen) atoms. The van der Waals surface area contributed by atoms with Crippen molar-refractivity contribution in [3.8, 4) is 0 Å². The van der Waals surface area contributed by atoms with Crippen LogP contribution in [-0.4, -0.2) is 16.4 Å². The number of nitrogens with zero attached hydrogens (tertiary/aromatic N) is 3. The van der Waals surface area contributed by atoms with Crippen LogP contribution in [-0.2, 0) is 17.1 Å². The van der Waals surface area contributed by atoms with Crippen LogP contribution in [0.1, 0.15) is 75.9 Å². The van der Waals surface area contributed by atoms with Crippen LogP contribution in [0.5, 0.6) is 0 Å². The summed E-state index contributed by atoms with van der Waals surface area (Å²) in [6, 6.07) is 22.7. The Balaban J connectivity index is 0.00000341. The van der Waals surface area contributed by atoms with Gasteiger partial charge in [-0.3, -0.25) is 9.98 Å². The number of para-hydroxylation sites is 2. The number of aromatic nitrogens is 1. The van der Waals surface area contributed by atoms with Crippen LogP contribution in [0, 0.1) is 0 Å². The molecule has 0 saturated carbocycles. The standard InChI is InChI=1S/C27H31N3.2ClH.Fe/c1-18(2)22-12-7-9-14-26(22)28-20(5)24-16-11-17-25(30-24)21(6)29-27-15-10-8-13-23(27)19(3)4;;;/h7-19H,1-6H3;2*1H;/q;;;+2/p-2/b28-20+,29-21+;;;. The molecule has 6 heteroatoms. The quantitative estimate of drug-likeness (QED) is 0.357. The van der Waals surface area contributed by atoms with E-state index in [2.05, 4.69) is 64.1 Å². The van der Waals surface area contributed by atoms with Crippen molar-refractivity contribution in [2.45, 2.75) is 53.4 Å². The topological polar surface area (TPSA) is 37.6 Å². The first-order valence-electron chi connectivity index (χ1n) is 10.6. The molecule has 0 unspecified atom stereocenters. The molecule has 0 aliphatic carbocycles. The Bertz CT molecular complexity index is 1010. The predicted molar refractivity (Wildman–Crippen MR) is 129 cm³/mol. The molecule has 0 atom stereocenters. The number of benzene rings is 2. The zero-order chi connectivity index (χ0) is 21.7. The van der Waals surface area contributed by atoms with Gasteiger partial charge in [0.25, 0.3) is 0 Å². The molecule has 0 spiro atoms. The normalized spacial score (nSPS) is 11.5. The van der Waals surface area contributed by atoms with Gasteiger partial charge in [0.15, 0.2) is 0 Å². The molecule has 0 radical (unpaired) electrons. The van der Waals surface area contributed by atoms with Crippen molar-refractivity contribution in [3.63, 3.8) is 0 Å². The molecule has 0 saturated heterocycles. The van der Waals surface area contributed by atoms with Gasteiger partial charge in [0.2, 0.25) is 0 Å². The van der Waals surface area contributed by atoms with Gasteiger partial charge in [-0.05, 0) is 61.1 Å². The number of aliphatic imine (C=N–C) groups is 2. The van der Waals surface area contributed by atoms with Crippen LogP contribution < -0.4 is 24.8 Å². The molecule has 0 amide bonds. The van der Waals surface area contributed by atoms with E-state index in [4.69, 9.17) is 15.0 Å². The summed E-state index contributed by atoms with van der Waals surface area (Å²) in [6.45, 7) is 12.8. The van der Waals surface area contributed by atoms with Gasteiger partial charge < -0.3 is 24.8 Å². The minimum absolute atomic E-state index is 0. The van der Waals surface area contributed by atoms with Crippen molar-refractivity contribution in [3.05, 3.63) is 89.2 Å². The maximum atomic E-state index is 4.89. The van der Waals surface area contributed by atoms with E-state index in [1.165, 1.54) is 11.1 Å². The molecule has 1 aromatic heterocycles. The van der Waals surface area contributed by atoms with E-state index in [9.17, 15) is 0 Å². The first-order chi connectivity index (χ1) is 14.4. The third kappa shape index (κ3) is 8.08. The summed E-state index contributed by atoms with van der Waals surface area (Å²) in [5.74, 6) is 0.847. The van der Waals surface area contributed by atoms with Gasteiger partial charge in [-0.2, -0.15) is 0 Å². The average molecular weight is 524 g/mol. The second-order valence-corrected chi connectivity index (χ2v) is 8.23. The van der Waals surface area contributed by atoms with Crippen molar-refractivity contribution in [2.24, 2.45) is 9.98 Å². The van der Waals surface area contributed by atoms with Gasteiger partial charge in [0.1, 0.15) is 0 Å². The zero-order valence-electron chi connectivity index (χ0n) is 20.0. The van der Waals surface area contributed by atoms with Crippen molar-refractivity contribution in [1.29, 1.82) is 0 Å². The van der Waals surface area contributed by atoms with Crippen molar-refractivity contribution in [2.75, 3.05) is 0 Å². The van der Waals surface area contributed by atoms with E-state index in [1.807, 2.05) is 44.2 Å². The van der Waals surface area contributed by atoms with Crippen molar-refractivity contribution >= 4 is 22.8 Å². The maximum Gasteiger partial charge on any atom is 2.00 e. The van der Waals surface area contributed by atoms with E-state index < -0.39 is 0 Å². The number of hydrogen-bond acceptors (Lipinski definition) is 3. The second-order valence-electron chi connectivity index (χ2n) is 8.23. The summed E-state index contributed by atoms with van der Waals surface area (Å²) in [5, 5.41) is 0.